The molecule has 0 amide bonds. The first-order chi connectivity index (χ1) is 7.11. The van der Waals surface area contributed by atoms with Crippen LogP contribution in [-0.4, -0.2) is 9.78 Å². The van der Waals surface area contributed by atoms with Crippen LogP contribution >= 0.6 is 0 Å². The molecular formula is C13H18N2. The highest BCUT2D eigenvalue weighted by Gasteiger charge is 2.19. The molecule has 2 rings (SSSR count). The predicted molar refractivity (Wildman–Crippen MR) is 64.4 cm³/mol. The van der Waals surface area contributed by atoms with Crippen molar-refractivity contribution in [2.75, 3.05) is 0 Å². The first kappa shape index (κ1) is 10.2. The molecule has 0 saturated heterocycles. The number of hydrogen-bond acceptors (Lipinski definition) is 1. The molecule has 80 valence electrons. The van der Waals surface area contributed by atoms with Crippen molar-refractivity contribution in [1.82, 2.24) is 9.78 Å². The molecule has 0 aliphatic heterocycles. The molecule has 0 radical (unpaired) electrons. The van der Waals surface area contributed by atoms with Crippen LogP contribution in [0.25, 0.3) is 11.6 Å². The normalized spacial score (nSPS) is 14.4. The van der Waals surface area contributed by atoms with Gasteiger partial charge >= 0.3 is 0 Å². The Hall–Kier alpha value is -1.31. The van der Waals surface area contributed by atoms with E-state index in [9.17, 15) is 0 Å². The fourth-order valence-corrected chi connectivity index (χ4v) is 1.99. The van der Waals surface area contributed by atoms with Gasteiger partial charge in [-0.15, -0.1) is 0 Å². The van der Waals surface area contributed by atoms with Gasteiger partial charge in [-0.05, 0) is 30.4 Å². The van der Waals surface area contributed by atoms with Crippen molar-refractivity contribution in [3.05, 3.63) is 29.6 Å². The van der Waals surface area contributed by atoms with Crippen molar-refractivity contribution in [1.29, 1.82) is 0 Å². The Morgan fingerprint density at radius 2 is 2.27 bits per heavy atom. The summed E-state index contributed by atoms with van der Waals surface area (Å²) in [5.74, 6) is 0.468. The van der Waals surface area contributed by atoms with Crippen LogP contribution in [0.15, 0.2) is 12.7 Å². The maximum Gasteiger partial charge on any atom is 0.0917 e. The summed E-state index contributed by atoms with van der Waals surface area (Å²) >= 11 is 0. The summed E-state index contributed by atoms with van der Waals surface area (Å²) in [5.41, 5.74) is 4.89. The van der Waals surface area contributed by atoms with Gasteiger partial charge in [0.1, 0.15) is 0 Å². The lowest BCUT2D eigenvalue weighted by atomic mass is 9.94. The van der Waals surface area contributed by atoms with Crippen LogP contribution in [0.5, 0.6) is 0 Å². The highest BCUT2D eigenvalue weighted by molar-refractivity contribution is 5.69. The van der Waals surface area contributed by atoms with E-state index in [2.05, 4.69) is 37.7 Å². The third-order valence-electron chi connectivity index (χ3n) is 3.03. The smallest absolute Gasteiger partial charge is 0.0917 e. The topological polar surface area (TPSA) is 17.8 Å². The first-order valence-corrected chi connectivity index (χ1v) is 5.53. The quantitative estimate of drug-likeness (QED) is 0.720. The molecule has 0 N–H and O–H groups in total. The number of hydrogen-bond donors (Lipinski definition) is 0. The number of fused-ring (bicyclic) bond motifs is 1. The molecule has 1 aliphatic rings. The molecule has 1 aromatic heterocycles. The molecule has 0 bridgehead atoms. The van der Waals surface area contributed by atoms with Crippen molar-refractivity contribution < 1.29 is 0 Å². The molecule has 0 unspecified atom stereocenters. The lowest BCUT2D eigenvalue weighted by Crippen LogP contribution is -1.99. The Morgan fingerprint density at radius 3 is 2.93 bits per heavy atom. The SMILES string of the molecule is C=C(c1nn(C)c2c1CCC=C2)C(C)C. The van der Waals surface area contributed by atoms with Crippen molar-refractivity contribution in [2.45, 2.75) is 26.7 Å². The van der Waals surface area contributed by atoms with Crippen LogP contribution in [0.1, 0.15) is 37.2 Å². The third kappa shape index (κ3) is 1.65. The molecule has 1 heterocycles. The Kier molecular flexibility index (Phi) is 2.51. The van der Waals surface area contributed by atoms with E-state index in [1.807, 2.05) is 11.7 Å². The van der Waals surface area contributed by atoms with E-state index in [1.54, 1.807) is 0 Å². The van der Waals surface area contributed by atoms with Crippen molar-refractivity contribution in [3.8, 4) is 0 Å². The summed E-state index contributed by atoms with van der Waals surface area (Å²) in [7, 11) is 2.01. The van der Waals surface area contributed by atoms with Crippen LogP contribution in [-0.2, 0) is 13.5 Å². The zero-order chi connectivity index (χ0) is 11.0. The van der Waals surface area contributed by atoms with Gasteiger partial charge < -0.3 is 0 Å². The maximum absolute atomic E-state index is 4.58. The molecule has 0 spiro atoms. The van der Waals surface area contributed by atoms with Crippen LogP contribution in [0.2, 0.25) is 0 Å². The van der Waals surface area contributed by atoms with Gasteiger partial charge in [0.05, 0.1) is 11.4 Å². The second-order valence-corrected chi connectivity index (χ2v) is 4.46. The number of rotatable bonds is 2. The predicted octanol–water partition coefficient (Wildman–Crippen LogP) is 3.05. The van der Waals surface area contributed by atoms with Gasteiger partial charge in [0.2, 0.25) is 0 Å². The monoisotopic (exact) mass is 202 g/mol. The van der Waals surface area contributed by atoms with Crippen molar-refractivity contribution >= 4 is 11.6 Å². The lowest BCUT2D eigenvalue weighted by molar-refractivity contribution is 0.746. The van der Waals surface area contributed by atoms with Gasteiger partial charge in [-0.1, -0.05) is 26.5 Å². The van der Waals surface area contributed by atoms with Gasteiger partial charge in [0.25, 0.3) is 0 Å². The number of nitrogens with zero attached hydrogens (tertiary/aromatic N) is 2. The molecule has 15 heavy (non-hydrogen) atoms. The molecule has 0 aromatic carbocycles. The maximum atomic E-state index is 4.58. The molecule has 2 heteroatoms. The van der Waals surface area contributed by atoms with Crippen LogP contribution in [0.4, 0.5) is 0 Å². The molecule has 0 fully saturated rings. The second-order valence-electron chi connectivity index (χ2n) is 4.46. The highest BCUT2D eigenvalue weighted by Crippen LogP contribution is 2.29. The zero-order valence-corrected chi connectivity index (χ0v) is 9.75. The summed E-state index contributed by atoms with van der Waals surface area (Å²) < 4.78 is 1.97. The minimum absolute atomic E-state index is 0.468. The highest BCUT2D eigenvalue weighted by atomic mass is 15.3. The van der Waals surface area contributed by atoms with Gasteiger partial charge in [-0.2, -0.15) is 5.10 Å². The van der Waals surface area contributed by atoms with E-state index < -0.39 is 0 Å². The summed E-state index contributed by atoms with van der Waals surface area (Å²) in [6.07, 6.45) is 6.60. The van der Waals surface area contributed by atoms with E-state index >= 15 is 0 Å². The minimum atomic E-state index is 0.468. The van der Waals surface area contributed by atoms with E-state index in [1.165, 1.54) is 11.3 Å². The average molecular weight is 202 g/mol. The number of aryl methyl sites for hydroxylation is 1. The number of aromatic nitrogens is 2. The standard InChI is InChI=1S/C13H18N2/c1-9(2)10(3)13-11-7-5-6-8-12(11)15(4)14-13/h6,8-9H,3,5,7H2,1-2,4H3. The van der Waals surface area contributed by atoms with Crippen LogP contribution < -0.4 is 0 Å². The van der Waals surface area contributed by atoms with E-state index in [4.69, 9.17) is 0 Å². The molecular weight excluding hydrogens is 184 g/mol. The third-order valence-corrected chi connectivity index (χ3v) is 3.03. The molecule has 0 saturated carbocycles. The summed E-state index contributed by atoms with van der Waals surface area (Å²) in [6.45, 7) is 8.48. The summed E-state index contributed by atoms with van der Waals surface area (Å²) in [6, 6.07) is 0. The Morgan fingerprint density at radius 1 is 1.53 bits per heavy atom. The molecule has 0 atom stereocenters. The van der Waals surface area contributed by atoms with Gasteiger partial charge in [-0.3, -0.25) is 4.68 Å². The molecule has 1 aliphatic carbocycles. The van der Waals surface area contributed by atoms with E-state index in [0.29, 0.717) is 5.92 Å². The Bertz CT molecular complexity index is 422. The molecule has 1 aromatic rings. The Labute approximate surface area is 91.3 Å². The largest absolute Gasteiger partial charge is 0.268 e. The van der Waals surface area contributed by atoms with Gasteiger partial charge in [0, 0.05) is 12.6 Å². The second kappa shape index (κ2) is 3.69. The first-order valence-electron chi connectivity index (χ1n) is 5.53. The summed E-state index contributed by atoms with van der Waals surface area (Å²) in [4.78, 5) is 0. The van der Waals surface area contributed by atoms with Crippen LogP contribution in [0, 0.1) is 5.92 Å². The minimum Gasteiger partial charge on any atom is -0.268 e. The Balaban J connectivity index is 2.50. The number of allylic oxidation sites excluding steroid dienone is 2. The van der Waals surface area contributed by atoms with E-state index in [-0.39, 0.29) is 0 Å². The lowest BCUT2D eigenvalue weighted by Gasteiger charge is -2.10. The fourth-order valence-electron chi connectivity index (χ4n) is 1.99. The molecule has 2 nitrogen and oxygen atoms in total. The summed E-state index contributed by atoms with van der Waals surface area (Å²) in [5, 5.41) is 4.58. The van der Waals surface area contributed by atoms with Crippen LogP contribution in [0.3, 0.4) is 0 Å². The fraction of sp³-hybridized carbons (Fsp3) is 0.462. The van der Waals surface area contributed by atoms with E-state index in [0.717, 1.165) is 24.1 Å². The van der Waals surface area contributed by atoms with Gasteiger partial charge in [-0.25, -0.2) is 0 Å². The van der Waals surface area contributed by atoms with Crippen molar-refractivity contribution in [3.63, 3.8) is 0 Å². The average Bonchev–Trinajstić information content (AvgIpc) is 2.56. The van der Waals surface area contributed by atoms with Gasteiger partial charge in [0.15, 0.2) is 0 Å². The zero-order valence-electron chi connectivity index (χ0n) is 9.75. The van der Waals surface area contributed by atoms with Crippen molar-refractivity contribution in [2.24, 2.45) is 13.0 Å².